The van der Waals surface area contributed by atoms with Crippen molar-refractivity contribution in [3.05, 3.63) is 117 Å². The Balaban J connectivity index is 0.000000232. The molecule has 4 aromatic carbocycles. The summed E-state index contributed by atoms with van der Waals surface area (Å²) in [5.74, 6) is 1.04. The summed E-state index contributed by atoms with van der Waals surface area (Å²) >= 11 is 0. The molecule has 0 fully saturated rings. The number of phenolic OH excluding ortho intramolecular Hbond substituents is 4. The highest BCUT2D eigenvalue weighted by atomic mass is 16.5. The van der Waals surface area contributed by atoms with Crippen LogP contribution in [-0.2, 0) is 6.42 Å². The molecule has 1 aliphatic rings. The van der Waals surface area contributed by atoms with Crippen molar-refractivity contribution in [1.82, 2.24) is 0 Å². The first-order chi connectivity index (χ1) is 23.3. The quantitative estimate of drug-likeness (QED) is 0.0685. The number of aromatic hydroxyl groups is 5. The SMILES string of the molecule is COc1c(CC=C(C)C)c2c(c3oc(=O)c(-c4ccc(O)cc4)c(O)c13)C=CC(C)(C)O2.Oc1ccc(C=Cc2cc(O)cc(O)c2)cc1. The van der Waals surface area contributed by atoms with E-state index >= 15 is 0 Å². The lowest BCUT2D eigenvalue weighted by Gasteiger charge is -2.31. The minimum Gasteiger partial charge on any atom is -0.508 e. The summed E-state index contributed by atoms with van der Waals surface area (Å²) in [5.41, 5.74) is 3.48. The third-order valence-corrected chi connectivity index (χ3v) is 7.74. The van der Waals surface area contributed by atoms with Gasteiger partial charge in [-0.2, -0.15) is 0 Å². The van der Waals surface area contributed by atoms with Gasteiger partial charge in [0.05, 0.1) is 12.7 Å². The van der Waals surface area contributed by atoms with Gasteiger partial charge in [0.2, 0.25) is 0 Å². The van der Waals surface area contributed by atoms with Gasteiger partial charge in [-0.25, -0.2) is 4.79 Å². The van der Waals surface area contributed by atoms with Crippen LogP contribution in [0.5, 0.6) is 40.2 Å². The molecule has 1 aliphatic heterocycles. The van der Waals surface area contributed by atoms with Gasteiger partial charge in [0.1, 0.15) is 56.8 Å². The fourth-order valence-electron chi connectivity index (χ4n) is 5.38. The molecule has 9 heteroatoms. The highest BCUT2D eigenvalue weighted by Gasteiger charge is 2.32. The maximum Gasteiger partial charge on any atom is 0.348 e. The summed E-state index contributed by atoms with van der Waals surface area (Å²) in [6, 6.07) is 17.1. The predicted octanol–water partition coefficient (Wildman–Crippen LogP) is 8.55. The molecule has 0 saturated carbocycles. The largest absolute Gasteiger partial charge is 0.508 e. The second-order valence-electron chi connectivity index (χ2n) is 12.4. The number of methoxy groups -OCH3 is 1. The fourth-order valence-corrected chi connectivity index (χ4v) is 5.38. The van der Waals surface area contributed by atoms with E-state index in [9.17, 15) is 25.2 Å². The normalized spacial score (nSPS) is 12.9. The van der Waals surface area contributed by atoms with Crippen LogP contribution in [0.25, 0.3) is 40.3 Å². The minimum absolute atomic E-state index is 0.00458. The zero-order valence-electron chi connectivity index (χ0n) is 27.8. The smallest absolute Gasteiger partial charge is 0.348 e. The van der Waals surface area contributed by atoms with Gasteiger partial charge < -0.3 is 39.4 Å². The van der Waals surface area contributed by atoms with E-state index in [1.54, 1.807) is 54.6 Å². The number of rotatable bonds is 6. The zero-order chi connectivity index (χ0) is 35.5. The third kappa shape index (κ3) is 7.73. The van der Waals surface area contributed by atoms with Crippen LogP contribution in [0.4, 0.5) is 0 Å². The molecule has 0 amide bonds. The number of allylic oxidation sites excluding steroid dienone is 2. The second kappa shape index (κ2) is 13.9. The Bertz CT molecular complexity index is 2130. The van der Waals surface area contributed by atoms with E-state index in [1.807, 2.05) is 45.9 Å². The molecule has 49 heavy (non-hydrogen) atoms. The molecule has 2 heterocycles. The van der Waals surface area contributed by atoms with Crippen LogP contribution in [0.3, 0.4) is 0 Å². The van der Waals surface area contributed by atoms with E-state index in [0.29, 0.717) is 40.0 Å². The molecule has 0 radical (unpaired) electrons. The molecule has 0 atom stereocenters. The van der Waals surface area contributed by atoms with Gasteiger partial charge in [-0.05, 0) is 99.4 Å². The first-order valence-corrected chi connectivity index (χ1v) is 15.5. The monoisotopic (exact) mass is 662 g/mol. The first-order valence-electron chi connectivity index (χ1n) is 15.5. The lowest BCUT2D eigenvalue weighted by Crippen LogP contribution is -2.28. The van der Waals surface area contributed by atoms with Gasteiger partial charge in [0.25, 0.3) is 0 Å². The van der Waals surface area contributed by atoms with Gasteiger partial charge in [0.15, 0.2) is 5.58 Å². The zero-order valence-corrected chi connectivity index (χ0v) is 27.8. The van der Waals surface area contributed by atoms with Crippen LogP contribution in [0.15, 0.2) is 93.7 Å². The maximum atomic E-state index is 12.9. The first kappa shape index (κ1) is 34.3. The molecular weight excluding hydrogens is 624 g/mol. The molecule has 0 spiro atoms. The lowest BCUT2D eigenvalue weighted by molar-refractivity contribution is 0.157. The number of phenols is 4. The number of ether oxygens (including phenoxy) is 2. The van der Waals surface area contributed by atoms with Crippen LogP contribution in [0.2, 0.25) is 0 Å². The van der Waals surface area contributed by atoms with Gasteiger partial charge >= 0.3 is 5.63 Å². The summed E-state index contributed by atoms with van der Waals surface area (Å²) in [4.78, 5) is 12.9. The molecule has 252 valence electrons. The van der Waals surface area contributed by atoms with Gasteiger partial charge in [-0.15, -0.1) is 0 Å². The standard InChI is InChI=1S/C26H26O6.C14H12O3/c1-14(2)6-11-17-22-18(12-13-26(3,4)32-22)24-20(23(17)30-5)21(28)19(25(29)31-24)15-7-9-16(27)10-8-15;15-12-5-3-10(4-6-12)1-2-11-7-13(16)9-14(17)8-11/h6-10,12-13,27-28H,11H2,1-5H3;1-9,15-17H. The lowest BCUT2D eigenvalue weighted by atomic mass is 9.93. The van der Waals surface area contributed by atoms with Gasteiger partial charge in [-0.3, -0.25) is 0 Å². The van der Waals surface area contributed by atoms with Crippen molar-refractivity contribution in [2.45, 2.75) is 39.7 Å². The Morgan fingerprint density at radius 2 is 1.41 bits per heavy atom. The average Bonchev–Trinajstić information content (AvgIpc) is 3.03. The molecule has 0 aliphatic carbocycles. The molecule has 5 aromatic rings. The predicted molar refractivity (Wildman–Crippen MR) is 191 cm³/mol. The van der Waals surface area contributed by atoms with Crippen molar-refractivity contribution < 1.29 is 39.4 Å². The number of hydrogen-bond acceptors (Lipinski definition) is 9. The topological polar surface area (TPSA) is 150 Å². The van der Waals surface area contributed by atoms with E-state index in [0.717, 1.165) is 16.7 Å². The van der Waals surface area contributed by atoms with Crippen molar-refractivity contribution in [1.29, 1.82) is 0 Å². The molecule has 0 saturated heterocycles. The second-order valence-corrected chi connectivity index (χ2v) is 12.4. The number of benzene rings is 4. The molecule has 5 N–H and O–H groups in total. The van der Waals surface area contributed by atoms with Crippen LogP contribution in [-0.4, -0.2) is 38.2 Å². The number of hydrogen-bond donors (Lipinski definition) is 5. The molecular formula is C40H38O9. The molecule has 0 bridgehead atoms. The molecule has 1 aromatic heterocycles. The summed E-state index contributed by atoms with van der Waals surface area (Å²) in [6.45, 7) is 7.89. The Hall–Kier alpha value is -6.09. The molecule has 6 rings (SSSR count). The average molecular weight is 663 g/mol. The minimum atomic E-state index is -0.694. The summed E-state index contributed by atoms with van der Waals surface area (Å²) in [6.07, 6.45) is 9.90. The van der Waals surface area contributed by atoms with Gasteiger partial charge in [-0.1, -0.05) is 48.1 Å². The highest BCUT2D eigenvalue weighted by molar-refractivity contribution is 6.02. The Morgan fingerprint density at radius 1 is 0.816 bits per heavy atom. The van der Waals surface area contributed by atoms with Crippen molar-refractivity contribution in [2.75, 3.05) is 7.11 Å². The van der Waals surface area contributed by atoms with Crippen LogP contribution < -0.4 is 15.1 Å². The van der Waals surface area contributed by atoms with Crippen molar-refractivity contribution >= 4 is 29.2 Å². The van der Waals surface area contributed by atoms with Crippen LogP contribution >= 0.6 is 0 Å². The number of fused-ring (bicyclic) bond motifs is 3. The van der Waals surface area contributed by atoms with E-state index in [2.05, 4.69) is 6.08 Å². The third-order valence-electron chi connectivity index (χ3n) is 7.74. The fraction of sp³-hybridized carbons (Fsp3) is 0.175. The van der Waals surface area contributed by atoms with Crippen molar-refractivity contribution in [2.24, 2.45) is 0 Å². The Kier molecular flexibility index (Phi) is 9.75. The van der Waals surface area contributed by atoms with E-state index in [1.165, 1.54) is 25.3 Å². The summed E-state index contributed by atoms with van der Waals surface area (Å²) in [5, 5.41) is 48.9. The molecule has 9 nitrogen and oxygen atoms in total. The Morgan fingerprint density at radius 3 is 2.00 bits per heavy atom. The Labute approximate surface area is 283 Å². The summed E-state index contributed by atoms with van der Waals surface area (Å²) in [7, 11) is 1.52. The highest BCUT2D eigenvalue weighted by Crippen LogP contribution is 2.49. The maximum absolute atomic E-state index is 12.9. The van der Waals surface area contributed by atoms with Crippen LogP contribution in [0, 0.1) is 0 Å². The van der Waals surface area contributed by atoms with Crippen molar-refractivity contribution in [3.63, 3.8) is 0 Å². The van der Waals surface area contributed by atoms with E-state index in [4.69, 9.17) is 19.0 Å². The van der Waals surface area contributed by atoms with Gasteiger partial charge in [0, 0.05) is 11.6 Å². The summed E-state index contributed by atoms with van der Waals surface area (Å²) < 4.78 is 17.8. The van der Waals surface area contributed by atoms with Crippen molar-refractivity contribution in [3.8, 4) is 51.4 Å². The van der Waals surface area contributed by atoms with E-state index < -0.39 is 11.2 Å². The molecule has 0 unspecified atom stereocenters. The van der Waals surface area contributed by atoms with Crippen LogP contribution in [0.1, 0.15) is 49.9 Å². The van der Waals surface area contributed by atoms with E-state index in [-0.39, 0.29) is 39.9 Å².